The zero-order chi connectivity index (χ0) is 25.6. The molecule has 5 rings (SSSR count). The Balaban J connectivity index is 1.43. The standard InChI is InChI=1S/C26H19F4N3O3/c27-19-6-2-4-17(12-19)24(35)32-9-10-33-22(14-32)23(34)31-21-8-7-16(13-20(21)25(33)36)15-3-1-5-18(11-15)26(28,29)30/h1-8,11-13,22H,9-10,14H2,(H,31,34). The summed E-state index contributed by atoms with van der Waals surface area (Å²) in [4.78, 5) is 42.0. The Bertz CT molecular complexity index is 1390. The number of piperazine rings is 1. The SMILES string of the molecule is O=C1Nc2ccc(-c3cccc(C(F)(F)F)c3)cc2C(=O)N2CCN(C(=O)c3cccc(F)c3)CC12. The van der Waals surface area contributed by atoms with Crippen LogP contribution < -0.4 is 5.32 Å². The number of anilines is 1. The number of halogens is 4. The Kier molecular flexibility index (Phi) is 5.74. The number of nitrogens with one attached hydrogen (secondary N) is 1. The maximum absolute atomic E-state index is 13.6. The van der Waals surface area contributed by atoms with E-state index in [0.29, 0.717) is 5.56 Å². The lowest BCUT2D eigenvalue weighted by Gasteiger charge is -2.39. The van der Waals surface area contributed by atoms with Crippen LogP contribution in [0.25, 0.3) is 11.1 Å². The Morgan fingerprint density at radius 1 is 0.917 bits per heavy atom. The highest BCUT2D eigenvalue weighted by molar-refractivity contribution is 6.11. The van der Waals surface area contributed by atoms with E-state index in [1.165, 1.54) is 58.3 Å². The van der Waals surface area contributed by atoms with E-state index in [-0.39, 0.29) is 42.0 Å². The Labute approximate surface area is 203 Å². The van der Waals surface area contributed by atoms with E-state index in [9.17, 15) is 31.9 Å². The molecule has 0 aliphatic carbocycles. The number of carbonyl (C=O) groups is 3. The van der Waals surface area contributed by atoms with Crippen molar-refractivity contribution in [2.75, 3.05) is 25.0 Å². The summed E-state index contributed by atoms with van der Waals surface area (Å²) >= 11 is 0. The maximum atomic E-state index is 13.6. The van der Waals surface area contributed by atoms with E-state index in [0.717, 1.165) is 18.2 Å². The molecule has 184 valence electrons. The van der Waals surface area contributed by atoms with Crippen molar-refractivity contribution in [1.29, 1.82) is 0 Å². The molecule has 3 amide bonds. The van der Waals surface area contributed by atoms with Gasteiger partial charge in [0.25, 0.3) is 11.8 Å². The van der Waals surface area contributed by atoms with E-state index in [1.54, 1.807) is 0 Å². The fourth-order valence-corrected chi connectivity index (χ4v) is 4.49. The average molecular weight is 497 g/mol. The number of alkyl halides is 3. The topological polar surface area (TPSA) is 69.7 Å². The molecule has 0 radical (unpaired) electrons. The second-order valence-corrected chi connectivity index (χ2v) is 8.60. The number of rotatable bonds is 2. The minimum absolute atomic E-state index is 0.0607. The molecule has 6 nitrogen and oxygen atoms in total. The molecule has 1 saturated heterocycles. The van der Waals surface area contributed by atoms with Crippen LogP contribution in [0.3, 0.4) is 0 Å². The predicted molar refractivity (Wildman–Crippen MR) is 123 cm³/mol. The van der Waals surface area contributed by atoms with Crippen molar-refractivity contribution in [2.24, 2.45) is 0 Å². The van der Waals surface area contributed by atoms with Gasteiger partial charge in [0.15, 0.2) is 0 Å². The Morgan fingerprint density at radius 3 is 2.42 bits per heavy atom. The molecule has 1 fully saturated rings. The number of hydrogen-bond donors (Lipinski definition) is 1. The van der Waals surface area contributed by atoms with Crippen LogP contribution >= 0.6 is 0 Å². The number of nitrogens with zero attached hydrogens (tertiary/aromatic N) is 2. The van der Waals surface area contributed by atoms with E-state index in [4.69, 9.17) is 0 Å². The van der Waals surface area contributed by atoms with Crippen molar-refractivity contribution >= 4 is 23.4 Å². The first kappa shape index (κ1) is 23.5. The summed E-state index contributed by atoms with van der Waals surface area (Å²) < 4.78 is 53.1. The van der Waals surface area contributed by atoms with Gasteiger partial charge in [-0.25, -0.2) is 4.39 Å². The molecule has 36 heavy (non-hydrogen) atoms. The highest BCUT2D eigenvalue weighted by Crippen LogP contribution is 2.34. The third kappa shape index (κ3) is 4.30. The molecule has 10 heteroatoms. The van der Waals surface area contributed by atoms with Gasteiger partial charge < -0.3 is 15.1 Å². The Hall–Kier alpha value is -4.21. The van der Waals surface area contributed by atoms with E-state index >= 15 is 0 Å². The van der Waals surface area contributed by atoms with Gasteiger partial charge in [0.1, 0.15) is 11.9 Å². The molecule has 2 heterocycles. The molecule has 1 unspecified atom stereocenters. The first-order chi connectivity index (χ1) is 17.1. The minimum atomic E-state index is -4.51. The van der Waals surface area contributed by atoms with Crippen molar-refractivity contribution in [3.8, 4) is 11.1 Å². The molecule has 0 saturated carbocycles. The largest absolute Gasteiger partial charge is 0.416 e. The smallest absolute Gasteiger partial charge is 0.334 e. The fraction of sp³-hybridized carbons (Fsp3) is 0.192. The van der Waals surface area contributed by atoms with Gasteiger partial charge in [0.05, 0.1) is 23.4 Å². The summed E-state index contributed by atoms with van der Waals surface area (Å²) in [6, 6.07) is 13.5. The lowest BCUT2D eigenvalue weighted by atomic mass is 9.99. The van der Waals surface area contributed by atoms with Crippen LogP contribution in [0.4, 0.5) is 23.2 Å². The van der Waals surface area contributed by atoms with Crippen LogP contribution in [0.5, 0.6) is 0 Å². The summed E-state index contributed by atoms with van der Waals surface area (Å²) in [7, 11) is 0. The van der Waals surface area contributed by atoms with Crippen LogP contribution in [-0.4, -0.2) is 53.2 Å². The van der Waals surface area contributed by atoms with Gasteiger partial charge in [-0.1, -0.05) is 24.3 Å². The molecule has 0 aromatic heterocycles. The quantitative estimate of drug-likeness (QED) is 0.533. The summed E-state index contributed by atoms with van der Waals surface area (Å²) in [5.74, 6) is -1.98. The zero-order valence-electron chi connectivity index (χ0n) is 18.7. The summed E-state index contributed by atoms with van der Waals surface area (Å²) in [5.41, 5.74) is 0.370. The van der Waals surface area contributed by atoms with Crippen LogP contribution in [-0.2, 0) is 11.0 Å². The van der Waals surface area contributed by atoms with Crippen molar-refractivity contribution in [2.45, 2.75) is 12.2 Å². The minimum Gasteiger partial charge on any atom is -0.334 e. The van der Waals surface area contributed by atoms with Gasteiger partial charge in [0.2, 0.25) is 5.91 Å². The van der Waals surface area contributed by atoms with Gasteiger partial charge in [-0.2, -0.15) is 13.2 Å². The summed E-state index contributed by atoms with van der Waals surface area (Å²) in [5, 5.41) is 2.70. The zero-order valence-corrected chi connectivity index (χ0v) is 18.7. The van der Waals surface area contributed by atoms with Gasteiger partial charge in [-0.3, -0.25) is 14.4 Å². The van der Waals surface area contributed by atoms with Crippen molar-refractivity contribution in [3.05, 3.63) is 89.2 Å². The van der Waals surface area contributed by atoms with E-state index < -0.39 is 41.3 Å². The first-order valence-corrected chi connectivity index (χ1v) is 11.1. The monoisotopic (exact) mass is 497 g/mol. The molecule has 0 spiro atoms. The van der Waals surface area contributed by atoms with Crippen LogP contribution in [0, 0.1) is 5.82 Å². The van der Waals surface area contributed by atoms with Crippen molar-refractivity contribution in [1.82, 2.24) is 9.80 Å². The molecule has 2 aliphatic rings. The van der Waals surface area contributed by atoms with E-state index in [1.807, 2.05) is 0 Å². The average Bonchev–Trinajstić information content (AvgIpc) is 2.97. The molecule has 0 bridgehead atoms. The number of hydrogen-bond acceptors (Lipinski definition) is 3. The molecule has 1 N–H and O–H groups in total. The predicted octanol–water partition coefficient (Wildman–Crippen LogP) is 4.43. The van der Waals surface area contributed by atoms with Crippen LogP contribution in [0.15, 0.2) is 66.7 Å². The number of fused-ring (bicyclic) bond motifs is 2. The summed E-state index contributed by atoms with van der Waals surface area (Å²) in [6.45, 7) is 0.111. The third-order valence-electron chi connectivity index (χ3n) is 6.33. The first-order valence-electron chi connectivity index (χ1n) is 11.1. The molecule has 2 aliphatic heterocycles. The molecular formula is C26H19F4N3O3. The second-order valence-electron chi connectivity index (χ2n) is 8.60. The lowest BCUT2D eigenvalue weighted by Crippen LogP contribution is -2.59. The molecular weight excluding hydrogens is 478 g/mol. The number of carbonyl (C=O) groups excluding carboxylic acids is 3. The van der Waals surface area contributed by atoms with Gasteiger partial charge >= 0.3 is 6.18 Å². The van der Waals surface area contributed by atoms with Crippen molar-refractivity contribution in [3.63, 3.8) is 0 Å². The highest BCUT2D eigenvalue weighted by atomic mass is 19.4. The van der Waals surface area contributed by atoms with Crippen LogP contribution in [0.2, 0.25) is 0 Å². The van der Waals surface area contributed by atoms with E-state index in [2.05, 4.69) is 5.32 Å². The normalized spacial score (nSPS) is 17.7. The Morgan fingerprint density at radius 2 is 1.67 bits per heavy atom. The second kappa shape index (κ2) is 8.78. The number of amides is 3. The molecule has 3 aromatic rings. The fourth-order valence-electron chi connectivity index (χ4n) is 4.49. The summed E-state index contributed by atoms with van der Waals surface area (Å²) in [6.07, 6.45) is -4.51. The third-order valence-corrected chi connectivity index (χ3v) is 6.33. The highest BCUT2D eigenvalue weighted by Gasteiger charge is 2.40. The van der Waals surface area contributed by atoms with Gasteiger partial charge in [-0.05, 0) is 53.6 Å². The van der Waals surface area contributed by atoms with Crippen LogP contribution in [0.1, 0.15) is 26.3 Å². The van der Waals surface area contributed by atoms with Gasteiger partial charge in [0, 0.05) is 18.7 Å². The van der Waals surface area contributed by atoms with Crippen molar-refractivity contribution < 1.29 is 31.9 Å². The lowest BCUT2D eigenvalue weighted by molar-refractivity contribution is -0.137. The molecule has 1 atom stereocenters. The number of benzene rings is 3. The molecule has 3 aromatic carbocycles. The maximum Gasteiger partial charge on any atom is 0.416 e. The van der Waals surface area contributed by atoms with Gasteiger partial charge in [-0.15, -0.1) is 0 Å².